The van der Waals surface area contributed by atoms with E-state index in [1.165, 1.54) is 11.3 Å². The molecular weight excluding hydrogens is 388 g/mol. The lowest BCUT2D eigenvalue weighted by molar-refractivity contribution is -0.332. The van der Waals surface area contributed by atoms with E-state index in [1.807, 2.05) is 0 Å². The molecule has 0 spiro atoms. The van der Waals surface area contributed by atoms with E-state index in [-0.39, 0.29) is 5.75 Å². The Morgan fingerprint density at radius 3 is 2.71 bits per heavy atom. The quantitative estimate of drug-likeness (QED) is 0.329. The molecule has 5 unspecified atom stereocenters. The van der Waals surface area contributed by atoms with Crippen molar-refractivity contribution in [2.45, 2.75) is 31.0 Å². The second-order valence-electron chi connectivity index (χ2n) is 6.75. The summed E-state index contributed by atoms with van der Waals surface area (Å²) in [4.78, 5) is 11.8. The minimum absolute atomic E-state index is 0.266. The molecule has 3 rings (SSSR count). The van der Waals surface area contributed by atoms with Gasteiger partial charge in [-0.05, 0) is 42.3 Å². The number of thiophene rings is 1. The molecule has 1 saturated carbocycles. The summed E-state index contributed by atoms with van der Waals surface area (Å²) in [6.07, 6.45) is -4.83. The molecule has 2 amide bonds. The summed E-state index contributed by atoms with van der Waals surface area (Å²) >= 11 is 1.40. The first-order valence-electron chi connectivity index (χ1n) is 8.48. The van der Waals surface area contributed by atoms with Crippen molar-refractivity contribution >= 4 is 23.1 Å². The minimum atomic E-state index is -2.18. The molecule has 0 saturated heterocycles. The van der Waals surface area contributed by atoms with Crippen molar-refractivity contribution in [2.75, 3.05) is 11.9 Å². The maximum atomic E-state index is 10.9. The zero-order valence-corrected chi connectivity index (χ0v) is 15.8. The fraction of sp³-hybridized carbons (Fsp3) is 0.389. The number of aliphatic hydroxyl groups excluding tert-OH is 4. The maximum absolute atomic E-state index is 10.9. The molecule has 8 N–H and O–H groups in total. The van der Waals surface area contributed by atoms with Gasteiger partial charge in [-0.15, -0.1) is 11.3 Å². The van der Waals surface area contributed by atoms with Gasteiger partial charge in [0.2, 0.25) is 6.29 Å². The van der Waals surface area contributed by atoms with Gasteiger partial charge in [0.05, 0.1) is 18.4 Å². The van der Waals surface area contributed by atoms with Gasteiger partial charge in [-0.25, -0.2) is 4.79 Å². The SMILES string of the molecule is Cc1cc(-c2cc(NC(N)=O)cs2)ccc1OC(O)C1(O)C(O)C(O)C1CO. The Balaban J connectivity index is 1.76. The maximum Gasteiger partial charge on any atom is 0.316 e. The lowest BCUT2D eigenvalue weighted by atomic mass is 9.64. The number of primary amides is 1. The van der Waals surface area contributed by atoms with E-state index in [0.717, 1.165) is 10.4 Å². The summed E-state index contributed by atoms with van der Waals surface area (Å²) in [6, 6.07) is 6.23. The van der Waals surface area contributed by atoms with E-state index in [1.54, 1.807) is 36.6 Å². The van der Waals surface area contributed by atoms with Crippen LogP contribution in [0.25, 0.3) is 10.4 Å². The van der Waals surface area contributed by atoms with Crippen molar-refractivity contribution in [1.29, 1.82) is 0 Å². The van der Waals surface area contributed by atoms with Crippen molar-refractivity contribution in [2.24, 2.45) is 11.7 Å². The summed E-state index contributed by atoms with van der Waals surface area (Å²) in [5.74, 6) is -0.860. The van der Waals surface area contributed by atoms with Crippen molar-refractivity contribution in [3.8, 4) is 16.2 Å². The number of anilines is 1. The Hall–Kier alpha value is -2.21. The third-order valence-corrected chi connectivity index (χ3v) is 5.94. The number of carbonyl (C=O) groups excluding carboxylic acids is 1. The van der Waals surface area contributed by atoms with Crippen LogP contribution in [0.1, 0.15) is 5.56 Å². The number of hydrogen-bond acceptors (Lipinski definition) is 8. The molecule has 0 radical (unpaired) electrons. The van der Waals surface area contributed by atoms with Gasteiger partial charge in [-0.1, -0.05) is 0 Å². The molecule has 1 aliphatic rings. The summed E-state index contributed by atoms with van der Waals surface area (Å²) in [5.41, 5.74) is 4.98. The number of urea groups is 1. The summed E-state index contributed by atoms with van der Waals surface area (Å²) < 4.78 is 5.40. The Labute approximate surface area is 164 Å². The lowest BCUT2D eigenvalue weighted by Gasteiger charge is -2.53. The van der Waals surface area contributed by atoms with Gasteiger partial charge < -0.3 is 41.3 Å². The van der Waals surface area contributed by atoms with Crippen molar-refractivity contribution in [3.05, 3.63) is 35.2 Å². The second kappa shape index (κ2) is 7.66. The molecule has 1 heterocycles. The van der Waals surface area contributed by atoms with E-state index in [4.69, 9.17) is 10.5 Å². The third-order valence-electron chi connectivity index (χ3n) is 4.96. The van der Waals surface area contributed by atoms with Crippen molar-refractivity contribution in [3.63, 3.8) is 0 Å². The highest BCUT2D eigenvalue weighted by molar-refractivity contribution is 7.14. The highest BCUT2D eigenvalue weighted by Gasteiger charge is 2.65. The number of aliphatic hydroxyl groups is 5. The molecule has 0 bridgehead atoms. The van der Waals surface area contributed by atoms with E-state index in [9.17, 15) is 30.3 Å². The second-order valence-corrected chi connectivity index (χ2v) is 7.66. The fourth-order valence-corrected chi connectivity index (χ4v) is 4.14. The van der Waals surface area contributed by atoms with Crippen LogP contribution in [0.5, 0.6) is 5.75 Å². The zero-order valence-electron chi connectivity index (χ0n) is 14.9. The van der Waals surface area contributed by atoms with Crippen LogP contribution in [-0.2, 0) is 0 Å². The number of rotatable bonds is 6. The Bertz CT molecular complexity index is 873. The Morgan fingerprint density at radius 2 is 2.11 bits per heavy atom. The average Bonchev–Trinajstić information content (AvgIpc) is 3.10. The molecule has 5 atom stereocenters. The predicted octanol–water partition coefficient (Wildman–Crippen LogP) is -0.0137. The van der Waals surface area contributed by atoms with Gasteiger partial charge in [0.1, 0.15) is 11.9 Å². The minimum Gasteiger partial charge on any atom is -0.462 e. The van der Waals surface area contributed by atoms with Gasteiger partial charge in [-0.3, -0.25) is 0 Å². The van der Waals surface area contributed by atoms with Gasteiger partial charge in [0.15, 0.2) is 5.60 Å². The van der Waals surface area contributed by atoms with E-state index >= 15 is 0 Å². The van der Waals surface area contributed by atoms with E-state index in [0.29, 0.717) is 11.3 Å². The van der Waals surface area contributed by atoms with Gasteiger partial charge in [0, 0.05) is 16.2 Å². The molecule has 28 heavy (non-hydrogen) atoms. The number of nitrogens with two attached hydrogens (primary N) is 1. The van der Waals surface area contributed by atoms with Crippen molar-refractivity contribution in [1.82, 2.24) is 0 Å². The zero-order chi connectivity index (χ0) is 20.6. The van der Waals surface area contributed by atoms with Crippen LogP contribution in [0.2, 0.25) is 0 Å². The molecule has 10 heteroatoms. The monoisotopic (exact) mass is 410 g/mol. The van der Waals surface area contributed by atoms with E-state index < -0.39 is 42.7 Å². The van der Waals surface area contributed by atoms with Crippen LogP contribution in [0.3, 0.4) is 0 Å². The number of aryl methyl sites for hydroxylation is 1. The van der Waals surface area contributed by atoms with E-state index in [2.05, 4.69) is 5.32 Å². The summed E-state index contributed by atoms with van der Waals surface area (Å²) in [5, 5.41) is 53.7. The molecule has 152 valence electrons. The number of nitrogens with one attached hydrogen (secondary N) is 1. The van der Waals surface area contributed by atoms with Crippen LogP contribution in [0.4, 0.5) is 10.5 Å². The predicted molar refractivity (Wildman–Crippen MR) is 102 cm³/mol. The number of hydrogen-bond donors (Lipinski definition) is 7. The summed E-state index contributed by atoms with van der Waals surface area (Å²) in [7, 11) is 0. The molecule has 9 nitrogen and oxygen atoms in total. The standard InChI is InChI=1S/C18H22N2O7S/c1-8-4-9(13-5-10(7-28-13)20-17(19)25)2-3-12(8)27-16(24)18(26)11(6-21)14(22)15(18)23/h2-5,7,11,14-16,21-24,26H,6H2,1H3,(H3,19,20,25). The normalized spacial score (nSPS) is 27.7. The van der Waals surface area contributed by atoms with Gasteiger partial charge >= 0.3 is 6.03 Å². The van der Waals surface area contributed by atoms with Crippen LogP contribution in [0, 0.1) is 12.8 Å². The molecule has 1 aliphatic carbocycles. The lowest BCUT2D eigenvalue weighted by Crippen LogP contribution is -2.76. The fourth-order valence-electron chi connectivity index (χ4n) is 3.30. The molecule has 2 aromatic rings. The highest BCUT2D eigenvalue weighted by Crippen LogP contribution is 2.42. The number of ether oxygens (including phenoxy) is 1. The Morgan fingerprint density at radius 1 is 1.39 bits per heavy atom. The average molecular weight is 410 g/mol. The van der Waals surface area contributed by atoms with Crippen LogP contribution < -0.4 is 15.8 Å². The molecule has 1 fully saturated rings. The first-order valence-corrected chi connectivity index (χ1v) is 9.36. The van der Waals surface area contributed by atoms with Crippen LogP contribution in [0.15, 0.2) is 29.6 Å². The molecular formula is C18H22N2O7S. The smallest absolute Gasteiger partial charge is 0.316 e. The first-order chi connectivity index (χ1) is 13.2. The summed E-state index contributed by atoms with van der Waals surface area (Å²) in [6.45, 7) is 1.12. The molecule has 0 aliphatic heterocycles. The first kappa shape index (κ1) is 20.5. The topological polar surface area (TPSA) is 166 Å². The molecule has 1 aromatic heterocycles. The van der Waals surface area contributed by atoms with Crippen molar-refractivity contribution < 1.29 is 35.1 Å². The third kappa shape index (κ3) is 3.46. The number of amides is 2. The van der Waals surface area contributed by atoms with Crippen LogP contribution in [-0.4, -0.2) is 62.3 Å². The van der Waals surface area contributed by atoms with Gasteiger partial charge in [-0.2, -0.15) is 0 Å². The Kier molecular flexibility index (Phi) is 5.62. The van der Waals surface area contributed by atoms with Crippen LogP contribution >= 0.6 is 11.3 Å². The molecule has 1 aromatic carbocycles. The highest BCUT2D eigenvalue weighted by atomic mass is 32.1. The number of carbonyl (C=O) groups is 1. The largest absolute Gasteiger partial charge is 0.462 e. The van der Waals surface area contributed by atoms with Gasteiger partial charge in [0.25, 0.3) is 0 Å². The number of benzene rings is 1.